The van der Waals surface area contributed by atoms with E-state index in [4.69, 9.17) is 4.52 Å². The van der Waals surface area contributed by atoms with Crippen molar-refractivity contribution >= 4 is 5.91 Å². The highest BCUT2D eigenvalue weighted by Crippen LogP contribution is 2.28. The van der Waals surface area contributed by atoms with Crippen molar-refractivity contribution in [2.24, 2.45) is 0 Å². The van der Waals surface area contributed by atoms with Crippen LogP contribution in [0.1, 0.15) is 40.6 Å². The summed E-state index contributed by atoms with van der Waals surface area (Å²) in [6.45, 7) is 3.17. The number of nitrogens with zero attached hydrogens (tertiary/aromatic N) is 3. The molecule has 3 aromatic rings. The van der Waals surface area contributed by atoms with Crippen molar-refractivity contribution < 1.29 is 13.7 Å². The molecule has 1 aliphatic heterocycles. The fraction of sp³-hybridized carbons (Fsp3) is 0.316. The molecule has 1 amide bonds. The van der Waals surface area contributed by atoms with Crippen molar-refractivity contribution in [3.05, 3.63) is 59.4 Å². The minimum atomic E-state index is -0.351. The lowest BCUT2D eigenvalue weighted by Crippen LogP contribution is -2.39. The Labute approximate surface area is 150 Å². The predicted molar refractivity (Wildman–Crippen MR) is 93.1 cm³/mol. The molecular weight excluding hydrogens is 335 g/mol. The molecule has 4 rings (SSSR count). The number of benzene rings is 1. The molecule has 1 fully saturated rings. The molecule has 1 atom stereocenters. The largest absolute Gasteiger partial charge is 0.358 e. The van der Waals surface area contributed by atoms with E-state index in [0.717, 1.165) is 24.1 Å². The van der Waals surface area contributed by atoms with Crippen LogP contribution in [0, 0.1) is 12.7 Å². The zero-order chi connectivity index (χ0) is 18.1. The summed E-state index contributed by atoms with van der Waals surface area (Å²) in [5, 5.41) is 4.05. The standard InChI is InChI=1S/C19H19FN4O2/c1-12-9-16(21-10-12)17-22-18(26-23-17)14-3-2-8-24(11-14)19(25)13-4-6-15(20)7-5-13/h4-7,9-10,14,21H,2-3,8,11H2,1H3. The number of halogens is 1. The Morgan fingerprint density at radius 1 is 1.35 bits per heavy atom. The molecule has 1 aromatic carbocycles. The van der Waals surface area contributed by atoms with Crippen LogP contribution >= 0.6 is 0 Å². The quantitative estimate of drug-likeness (QED) is 0.781. The SMILES string of the molecule is Cc1c[nH]c(-c2noc(C3CCCN(C(=O)c4ccc(F)cc4)C3)n2)c1. The zero-order valence-corrected chi connectivity index (χ0v) is 14.4. The number of hydrogen-bond acceptors (Lipinski definition) is 4. The van der Waals surface area contributed by atoms with Gasteiger partial charge in [0.1, 0.15) is 5.82 Å². The number of nitrogens with one attached hydrogen (secondary N) is 1. The second kappa shape index (κ2) is 6.74. The fourth-order valence-corrected chi connectivity index (χ4v) is 3.28. The van der Waals surface area contributed by atoms with Crippen LogP contribution < -0.4 is 0 Å². The van der Waals surface area contributed by atoms with Crippen molar-refractivity contribution in [2.45, 2.75) is 25.7 Å². The summed E-state index contributed by atoms with van der Waals surface area (Å²) in [6, 6.07) is 7.59. The van der Waals surface area contributed by atoms with Crippen LogP contribution in [0.25, 0.3) is 11.5 Å². The molecule has 0 aliphatic carbocycles. The van der Waals surface area contributed by atoms with Gasteiger partial charge in [0, 0.05) is 24.8 Å². The minimum Gasteiger partial charge on any atom is -0.358 e. The van der Waals surface area contributed by atoms with E-state index in [2.05, 4.69) is 15.1 Å². The summed E-state index contributed by atoms with van der Waals surface area (Å²) in [7, 11) is 0. The summed E-state index contributed by atoms with van der Waals surface area (Å²) in [5.74, 6) is 0.620. The lowest BCUT2D eigenvalue weighted by atomic mass is 9.97. The third-order valence-electron chi connectivity index (χ3n) is 4.66. The summed E-state index contributed by atoms with van der Waals surface area (Å²) >= 11 is 0. The van der Waals surface area contributed by atoms with Crippen molar-refractivity contribution in [2.75, 3.05) is 13.1 Å². The number of amides is 1. The normalized spacial score (nSPS) is 17.5. The van der Waals surface area contributed by atoms with Crippen LogP contribution in [0.15, 0.2) is 41.1 Å². The molecule has 0 radical (unpaired) electrons. The molecule has 1 aliphatic rings. The molecule has 0 saturated carbocycles. The van der Waals surface area contributed by atoms with Gasteiger partial charge in [0.05, 0.1) is 11.6 Å². The number of aryl methyl sites for hydroxylation is 1. The fourth-order valence-electron chi connectivity index (χ4n) is 3.28. The molecule has 26 heavy (non-hydrogen) atoms. The highest BCUT2D eigenvalue weighted by molar-refractivity contribution is 5.94. The lowest BCUT2D eigenvalue weighted by molar-refractivity contribution is 0.0695. The number of H-pyrrole nitrogens is 1. The Kier molecular flexibility index (Phi) is 4.28. The first kappa shape index (κ1) is 16.5. The smallest absolute Gasteiger partial charge is 0.253 e. The van der Waals surface area contributed by atoms with Gasteiger partial charge in [0.25, 0.3) is 5.91 Å². The maximum atomic E-state index is 13.1. The maximum absolute atomic E-state index is 13.1. The summed E-state index contributed by atoms with van der Waals surface area (Å²) < 4.78 is 18.5. The van der Waals surface area contributed by atoms with Crippen LogP contribution in [-0.2, 0) is 0 Å². The number of carbonyl (C=O) groups excluding carboxylic acids is 1. The van der Waals surface area contributed by atoms with Gasteiger partial charge in [0.15, 0.2) is 0 Å². The average Bonchev–Trinajstić information content (AvgIpc) is 3.31. The molecule has 1 unspecified atom stereocenters. The number of aromatic nitrogens is 3. The average molecular weight is 354 g/mol. The third-order valence-corrected chi connectivity index (χ3v) is 4.66. The minimum absolute atomic E-state index is 0.00505. The van der Waals surface area contributed by atoms with Gasteiger partial charge in [0.2, 0.25) is 11.7 Å². The van der Waals surface area contributed by atoms with Gasteiger partial charge < -0.3 is 14.4 Å². The molecule has 6 nitrogen and oxygen atoms in total. The number of likely N-dealkylation sites (tertiary alicyclic amines) is 1. The molecule has 134 valence electrons. The second-order valence-electron chi connectivity index (χ2n) is 6.64. The molecule has 2 aromatic heterocycles. The molecule has 3 heterocycles. The van der Waals surface area contributed by atoms with Gasteiger partial charge in [-0.3, -0.25) is 4.79 Å². The van der Waals surface area contributed by atoms with E-state index in [9.17, 15) is 9.18 Å². The van der Waals surface area contributed by atoms with Crippen LogP contribution in [0.4, 0.5) is 4.39 Å². The molecular formula is C19H19FN4O2. The zero-order valence-electron chi connectivity index (χ0n) is 14.4. The van der Waals surface area contributed by atoms with Gasteiger partial charge in [-0.2, -0.15) is 4.98 Å². The summed E-state index contributed by atoms with van der Waals surface area (Å²) in [6.07, 6.45) is 3.63. The van der Waals surface area contributed by atoms with Crippen LogP contribution in [0.2, 0.25) is 0 Å². The van der Waals surface area contributed by atoms with Crippen molar-refractivity contribution in [3.8, 4) is 11.5 Å². The van der Waals surface area contributed by atoms with Gasteiger partial charge in [-0.05, 0) is 55.7 Å². The van der Waals surface area contributed by atoms with Crippen LogP contribution in [-0.4, -0.2) is 39.0 Å². The highest BCUT2D eigenvalue weighted by atomic mass is 19.1. The van der Waals surface area contributed by atoms with E-state index < -0.39 is 0 Å². The van der Waals surface area contributed by atoms with Gasteiger partial charge in [-0.15, -0.1) is 0 Å². The van der Waals surface area contributed by atoms with E-state index in [0.29, 0.717) is 30.4 Å². The van der Waals surface area contributed by atoms with E-state index in [1.807, 2.05) is 19.2 Å². The van der Waals surface area contributed by atoms with Gasteiger partial charge >= 0.3 is 0 Å². The highest BCUT2D eigenvalue weighted by Gasteiger charge is 2.29. The van der Waals surface area contributed by atoms with Gasteiger partial charge in [-0.1, -0.05) is 5.16 Å². The Hall–Kier alpha value is -2.96. The Morgan fingerprint density at radius 2 is 2.15 bits per heavy atom. The molecule has 7 heteroatoms. The summed E-state index contributed by atoms with van der Waals surface area (Å²) in [4.78, 5) is 22.0. The Morgan fingerprint density at radius 3 is 2.88 bits per heavy atom. The Bertz CT molecular complexity index is 916. The van der Waals surface area contributed by atoms with E-state index >= 15 is 0 Å². The van der Waals surface area contributed by atoms with E-state index in [1.54, 1.807) is 4.90 Å². The van der Waals surface area contributed by atoms with E-state index in [1.165, 1.54) is 24.3 Å². The number of piperidine rings is 1. The first-order chi connectivity index (χ1) is 12.6. The van der Waals surface area contributed by atoms with Gasteiger partial charge in [-0.25, -0.2) is 4.39 Å². The first-order valence-corrected chi connectivity index (χ1v) is 8.64. The number of hydrogen-bond donors (Lipinski definition) is 1. The molecule has 0 bridgehead atoms. The van der Waals surface area contributed by atoms with Crippen molar-refractivity contribution in [1.82, 2.24) is 20.0 Å². The van der Waals surface area contributed by atoms with Crippen molar-refractivity contribution in [3.63, 3.8) is 0 Å². The third kappa shape index (κ3) is 3.24. The number of rotatable bonds is 3. The first-order valence-electron chi connectivity index (χ1n) is 8.64. The molecule has 0 spiro atoms. The number of carbonyl (C=O) groups is 1. The van der Waals surface area contributed by atoms with E-state index in [-0.39, 0.29) is 17.6 Å². The van der Waals surface area contributed by atoms with Crippen LogP contribution in [0.5, 0.6) is 0 Å². The maximum Gasteiger partial charge on any atom is 0.253 e. The number of aromatic amines is 1. The topological polar surface area (TPSA) is 75.0 Å². The summed E-state index contributed by atoms with van der Waals surface area (Å²) in [5.41, 5.74) is 2.40. The Balaban J connectivity index is 1.49. The monoisotopic (exact) mass is 354 g/mol. The van der Waals surface area contributed by atoms with Crippen molar-refractivity contribution in [1.29, 1.82) is 0 Å². The second-order valence-corrected chi connectivity index (χ2v) is 6.64. The predicted octanol–water partition coefficient (Wildman–Crippen LogP) is 3.53. The molecule has 1 N–H and O–H groups in total. The lowest BCUT2D eigenvalue weighted by Gasteiger charge is -2.31. The molecule has 1 saturated heterocycles. The van der Waals surface area contributed by atoms with Crippen LogP contribution in [0.3, 0.4) is 0 Å².